The third-order valence-corrected chi connectivity index (χ3v) is 6.49. The maximum Gasteiger partial charge on any atom is 0.191 e. The molecule has 0 bridgehead atoms. The van der Waals surface area contributed by atoms with E-state index in [9.17, 15) is 0 Å². The van der Waals surface area contributed by atoms with Crippen molar-refractivity contribution < 1.29 is 4.74 Å². The largest absolute Gasteiger partial charge is 0.385 e. The van der Waals surface area contributed by atoms with E-state index in [-0.39, 0.29) is 24.0 Å². The minimum atomic E-state index is 0. The van der Waals surface area contributed by atoms with Gasteiger partial charge in [-0.15, -0.1) is 45.5 Å². The fourth-order valence-electron chi connectivity index (χ4n) is 3.58. The highest BCUT2D eigenvalue weighted by Crippen LogP contribution is 2.11. The molecule has 8 nitrogen and oxygen atoms in total. The normalized spacial score (nSPS) is 15.6. The van der Waals surface area contributed by atoms with Crippen LogP contribution < -0.4 is 10.6 Å². The van der Waals surface area contributed by atoms with Crippen LogP contribution in [0.25, 0.3) is 0 Å². The second-order valence-electron chi connectivity index (χ2n) is 7.75. The first-order valence-corrected chi connectivity index (χ1v) is 11.7. The molecule has 1 saturated heterocycles. The van der Waals surface area contributed by atoms with Gasteiger partial charge in [-0.1, -0.05) is 6.07 Å². The fourth-order valence-corrected chi connectivity index (χ4v) is 4.29. The summed E-state index contributed by atoms with van der Waals surface area (Å²) in [5, 5.41) is 17.7. The Balaban J connectivity index is 0.00000341. The van der Waals surface area contributed by atoms with E-state index in [1.807, 2.05) is 18.5 Å². The van der Waals surface area contributed by atoms with Crippen molar-refractivity contribution in [3.8, 4) is 0 Å². The summed E-state index contributed by atoms with van der Waals surface area (Å²) in [4.78, 5) is 8.72. The van der Waals surface area contributed by atoms with Crippen LogP contribution in [0.5, 0.6) is 0 Å². The molecule has 3 heterocycles. The van der Waals surface area contributed by atoms with Gasteiger partial charge >= 0.3 is 0 Å². The third kappa shape index (κ3) is 8.66. The van der Waals surface area contributed by atoms with Crippen LogP contribution in [0.1, 0.15) is 35.8 Å². The zero-order valence-electron chi connectivity index (χ0n) is 18.8. The SMILES string of the molecule is COCCCN1CCC(NC(=NCc2nnc(C)n2C)NCCc2cccs2)CC1.I. The van der Waals surface area contributed by atoms with Crippen molar-refractivity contribution in [2.45, 2.75) is 45.2 Å². The summed E-state index contributed by atoms with van der Waals surface area (Å²) in [6.45, 7) is 7.52. The summed E-state index contributed by atoms with van der Waals surface area (Å²) in [6, 6.07) is 4.72. The number of piperidine rings is 1. The van der Waals surface area contributed by atoms with Crippen molar-refractivity contribution in [1.29, 1.82) is 0 Å². The molecule has 1 fully saturated rings. The van der Waals surface area contributed by atoms with Gasteiger partial charge in [-0.2, -0.15) is 0 Å². The number of nitrogens with zero attached hydrogens (tertiary/aromatic N) is 5. The number of likely N-dealkylation sites (tertiary alicyclic amines) is 1. The van der Waals surface area contributed by atoms with Gasteiger partial charge in [0.2, 0.25) is 0 Å². The van der Waals surface area contributed by atoms with Gasteiger partial charge in [0.05, 0.1) is 0 Å². The number of ether oxygens (including phenoxy) is 1. The summed E-state index contributed by atoms with van der Waals surface area (Å²) in [7, 11) is 3.75. The van der Waals surface area contributed by atoms with Gasteiger partial charge in [-0.25, -0.2) is 4.99 Å². The molecule has 0 spiro atoms. The number of methoxy groups -OCH3 is 1. The Kier molecular flexibility index (Phi) is 11.8. The zero-order valence-corrected chi connectivity index (χ0v) is 22.0. The van der Waals surface area contributed by atoms with Crippen molar-refractivity contribution in [1.82, 2.24) is 30.3 Å². The number of nitrogens with one attached hydrogen (secondary N) is 2. The number of aryl methyl sites for hydroxylation is 1. The molecule has 0 aliphatic carbocycles. The molecule has 0 radical (unpaired) electrons. The molecule has 0 aromatic carbocycles. The molecular formula is C21H36IN7OS. The van der Waals surface area contributed by atoms with Gasteiger partial charge in [0.15, 0.2) is 11.8 Å². The molecule has 0 atom stereocenters. The Morgan fingerprint density at radius 1 is 1.32 bits per heavy atom. The minimum absolute atomic E-state index is 0. The molecule has 0 saturated carbocycles. The van der Waals surface area contributed by atoms with Crippen molar-refractivity contribution in [3.63, 3.8) is 0 Å². The lowest BCUT2D eigenvalue weighted by Gasteiger charge is -2.33. The van der Waals surface area contributed by atoms with Crippen LogP contribution in [0.15, 0.2) is 22.5 Å². The average molecular weight is 562 g/mol. The third-order valence-electron chi connectivity index (χ3n) is 5.56. The highest BCUT2D eigenvalue weighted by molar-refractivity contribution is 14.0. The van der Waals surface area contributed by atoms with Gasteiger partial charge in [0.1, 0.15) is 12.4 Å². The van der Waals surface area contributed by atoms with Gasteiger partial charge in [0, 0.05) is 57.9 Å². The minimum Gasteiger partial charge on any atom is -0.385 e. The number of hydrogen-bond acceptors (Lipinski definition) is 6. The first kappa shape index (κ1) is 26.0. The summed E-state index contributed by atoms with van der Waals surface area (Å²) in [5.74, 6) is 2.64. The lowest BCUT2D eigenvalue weighted by Crippen LogP contribution is -2.49. The number of rotatable bonds is 10. The van der Waals surface area contributed by atoms with Crippen LogP contribution in [-0.4, -0.2) is 71.6 Å². The molecule has 0 amide bonds. The van der Waals surface area contributed by atoms with Gasteiger partial charge in [0.25, 0.3) is 0 Å². The van der Waals surface area contributed by atoms with Gasteiger partial charge in [-0.05, 0) is 44.1 Å². The van der Waals surface area contributed by atoms with Crippen LogP contribution >= 0.6 is 35.3 Å². The molecule has 2 aromatic rings. The van der Waals surface area contributed by atoms with Crippen LogP contribution in [0.4, 0.5) is 0 Å². The van der Waals surface area contributed by atoms with Crippen molar-refractivity contribution in [2.75, 3.05) is 39.9 Å². The van der Waals surface area contributed by atoms with Crippen molar-refractivity contribution in [3.05, 3.63) is 34.0 Å². The lowest BCUT2D eigenvalue weighted by atomic mass is 10.1. The Bertz CT molecular complexity index is 773. The summed E-state index contributed by atoms with van der Waals surface area (Å²) in [5.41, 5.74) is 0. The molecule has 31 heavy (non-hydrogen) atoms. The van der Waals surface area contributed by atoms with E-state index in [4.69, 9.17) is 9.73 Å². The van der Waals surface area contributed by atoms with E-state index in [1.54, 1.807) is 18.4 Å². The van der Waals surface area contributed by atoms with Crippen molar-refractivity contribution in [2.24, 2.45) is 12.0 Å². The Morgan fingerprint density at radius 2 is 2.13 bits per heavy atom. The quantitative estimate of drug-likeness (QED) is 0.201. The van der Waals surface area contributed by atoms with Gasteiger partial charge < -0.3 is 24.8 Å². The summed E-state index contributed by atoms with van der Waals surface area (Å²) < 4.78 is 7.16. The summed E-state index contributed by atoms with van der Waals surface area (Å²) >= 11 is 1.80. The molecule has 3 rings (SSSR count). The zero-order chi connectivity index (χ0) is 21.2. The maximum atomic E-state index is 5.17. The number of aromatic nitrogens is 3. The van der Waals surface area contributed by atoms with E-state index < -0.39 is 0 Å². The first-order chi connectivity index (χ1) is 14.7. The van der Waals surface area contributed by atoms with Gasteiger partial charge in [-0.3, -0.25) is 0 Å². The van der Waals surface area contributed by atoms with E-state index >= 15 is 0 Å². The molecule has 2 N–H and O–H groups in total. The van der Waals surface area contributed by atoms with E-state index in [2.05, 4.69) is 43.2 Å². The number of guanidine groups is 1. The molecule has 1 aliphatic heterocycles. The number of aliphatic imine (C=N–C) groups is 1. The Labute approximate surface area is 206 Å². The molecule has 2 aromatic heterocycles. The van der Waals surface area contributed by atoms with E-state index in [0.717, 1.165) is 76.1 Å². The van der Waals surface area contributed by atoms with E-state index in [0.29, 0.717) is 12.6 Å². The first-order valence-electron chi connectivity index (χ1n) is 10.8. The van der Waals surface area contributed by atoms with Crippen LogP contribution in [0, 0.1) is 6.92 Å². The smallest absolute Gasteiger partial charge is 0.191 e. The molecule has 0 unspecified atom stereocenters. The molecule has 1 aliphatic rings. The van der Waals surface area contributed by atoms with E-state index in [1.165, 1.54) is 4.88 Å². The monoisotopic (exact) mass is 561 g/mol. The predicted octanol–water partition coefficient (Wildman–Crippen LogP) is 2.58. The molecule has 10 heteroatoms. The second kappa shape index (κ2) is 14.0. The van der Waals surface area contributed by atoms with Crippen LogP contribution in [-0.2, 0) is 24.8 Å². The Hall–Kier alpha value is -1.24. The van der Waals surface area contributed by atoms with Crippen LogP contribution in [0.2, 0.25) is 0 Å². The Morgan fingerprint density at radius 3 is 2.77 bits per heavy atom. The standard InChI is InChI=1S/C21H35N7OS.HI/c1-17-25-26-20(27(17)2)16-23-21(22-10-7-19-6-4-15-30-19)24-18-8-12-28(13-9-18)11-5-14-29-3;/h4,6,15,18H,5,7-14,16H2,1-3H3,(H2,22,23,24);1H. The molecular weight excluding hydrogens is 525 g/mol. The highest BCUT2D eigenvalue weighted by Gasteiger charge is 2.20. The van der Waals surface area contributed by atoms with Crippen molar-refractivity contribution >= 4 is 41.3 Å². The molecule has 174 valence electrons. The summed E-state index contributed by atoms with van der Waals surface area (Å²) in [6.07, 6.45) is 4.35. The number of halogens is 1. The fraction of sp³-hybridized carbons (Fsp3) is 0.667. The lowest BCUT2D eigenvalue weighted by molar-refractivity contribution is 0.155. The van der Waals surface area contributed by atoms with Crippen LogP contribution in [0.3, 0.4) is 0 Å². The average Bonchev–Trinajstić information content (AvgIpc) is 3.38. The number of hydrogen-bond donors (Lipinski definition) is 2. The topological polar surface area (TPSA) is 79.6 Å². The number of thiophene rings is 1. The highest BCUT2D eigenvalue weighted by atomic mass is 127. The predicted molar refractivity (Wildman–Crippen MR) is 137 cm³/mol. The maximum absolute atomic E-state index is 5.17. The second-order valence-corrected chi connectivity index (χ2v) is 8.78.